The van der Waals surface area contributed by atoms with Crippen LogP contribution in [0.4, 0.5) is 0 Å². The number of nitrogens with zero attached hydrogens (tertiary/aromatic N) is 6. The molecule has 6 aromatic carbocycles. The van der Waals surface area contributed by atoms with Crippen molar-refractivity contribution in [3.8, 4) is 45.5 Å². The van der Waals surface area contributed by atoms with Gasteiger partial charge in [0.25, 0.3) is 0 Å². The van der Waals surface area contributed by atoms with E-state index in [2.05, 4.69) is 111 Å². The molecule has 0 saturated heterocycles. The molecular formula is C44H28N6. The summed E-state index contributed by atoms with van der Waals surface area (Å²) in [6.07, 6.45) is 3.84. The fourth-order valence-corrected chi connectivity index (χ4v) is 7.32. The van der Waals surface area contributed by atoms with E-state index in [9.17, 15) is 0 Å². The van der Waals surface area contributed by atoms with E-state index < -0.39 is 0 Å². The van der Waals surface area contributed by atoms with Crippen molar-refractivity contribution >= 4 is 43.6 Å². The molecule has 50 heavy (non-hydrogen) atoms. The fourth-order valence-electron chi connectivity index (χ4n) is 7.32. The molecule has 234 valence electrons. The number of benzene rings is 6. The lowest BCUT2D eigenvalue weighted by molar-refractivity contribution is 0.954. The molecule has 0 N–H and O–H groups in total. The van der Waals surface area contributed by atoms with Crippen molar-refractivity contribution in [2.75, 3.05) is 0 Å². The maximum atomic E-state index is 5.20. The third-order valence-electron chi connectivity index (χ3n) is 9.48. The molecule has 0 saturated carbocycles. The molecular weight excluding hydrogens is 613 g/mol. The Kier molecular flexibility index (Phi) is 6.39. The Labute approximate surface area is 287 Å². The van der Waals surface area contributed by atoms with Crippen molar-refractivity contribution in [2.45, 2.75) is 0 Å². The predicted octanol–water partition coefficient (Wildman–Crippen LogP) is 10.5. The average molecular weight is 641 g/mol. The second-order valence-electron chi connectivity index (χ2n) is 12.3. The fraction of sp³-hybridized carbons (Fsp3) is 0. The van der Waals surface area contributed by atoms with Crippen molar-refractivity contribution in [3.63, 3.8) is 0 Å². The summed E-state index contributed by atoms with van der Waals surface area (Å²) in [7, 11) is 0. The minimum atomic E-state index is 0.566. The SMILES string of the molecule is c1ccc(-c2nc(-c3ccccc3)nc(-n3c4ccccc4c4cccc(-c5cccc6c7cnccc7n(-c7ccccc7)c56)c43)n2)cc1. The largest absolute Gasteiger partial charge is 0.309 e. The summed E-state index contributed by atoms with van der Waals surface area (Å²) in [5.74, 6) is 1.81. The standard InChI is InChI=1S/C44H28N6/c1-4-14-29(15-5-1)42-46-43(30-16-6-2-7-17-30)48-44(47-42)50-38-25-11-10-20-32(38)33-21-12-23-35(41(33)50)34-22-13-24-36-37-28-45-27-26-39(37)49(40(34)36)31-18-8-3-9-19-31/h1-28H. The van der Waals surface area contributed by atoms with Gasteiger partial charge in [-0.3, -0.25) is 9.55 Å². The van der Waals surface area contributed by atoms with Crippen LogP contribution in [0.2, 0.25) is 0 Å². The molecule has 6 nitrogen and oxygen atoms in total. The van der Waals surface area contributed by atoms with E-state index in [4.69, 9.17) is 15.0 Å². The number of para-hydroxylation sites is 4. The maximum absolute atomic E-state index is 5.20. The monoisotopic (exact) mass is 640 g/mol. The molecule has 0 radical (unpaired) electrons. The lowest BCUT2D eigenvalue weighted by atomic mass is 9.99. The van der Waals surface area contributed by atoms with E-state index in [1.807, 2.05) is 73.1 Å². The number of rotatable bonds is 5. The summed E-state index contributed by atoms with van der Waals surface area (Å²) in [5, 5.41) is 4.51. The smallest absolute Gasteiger partial charge is 0.238 e. The van der Waals surface area contributed by atoms with Gasteiger partial charge < -0.3 is 4.57 Å². The van der Waals surface area contributed by atoms with Gasteiger partial charge in [0.15, 0.2) is 11.6 Å². The van der Waals surface area contributed by atoms with Crippen LogP contribution in [-0.4, -0.2) is 29.1 Å². The summed E-state index contributed by atoms with van der Waals surface area (Å²) in [5.41, 5.74) is 9.44. The Hall–Kier alpha value is -6.92. The lowest BCUT2D eigenvalue weighted by Crippen LogP contribution is -2.07. The van der Waals surface area contributed by atoms with E-state index in [0.29, 0.717) is 17.6 Å². The van der Waals surface area contributed by atoms with Gasteiger partial charge in [-0.05, 0) is 24.3 Å². The number of fused-ring (bicyclic) bond motifs is 6. The highest BCUT2D eigenvalue weighted by Crippen LogP contribution is 2.43. The zero-order valence-electron chi connectivity index (χ0n) is 26.8. The lowest BCUT2D eigenvalue weighted by Gasteiger charge is -2.15. The van der Waals surface area contributed by atoms with Crippen LogP contribution in [0, 0.1) is 0 Å². The first-order valence-corrected chi connectivity index (χ1v) is 16.7. The van der Waals surface area contributed by atoms with Gasteiger partial charge in [0, 0.05) is 61.9 Å². The van der Waals surface area contributed by atoms with Gasteiger partial charge in [-0.2, -0.15) is 9.97 Å². The topological polar surface area (TPSA) is 61.4 Å². The zero-order valence-corrected chi connectivity index (χ0v) is 26.8. The van der Waals surface area contributed by atoms with Crippen molar-refractivity contribution in [3.05, 3.63) is 170 Å². The number of aromatic nitrogens is 6. The molecule has 0 aliphatic heterocycles. The minimum absolute atomic E-state index is 0.566. The highest BCUT2D eigenvalue weighted by molar-refractivity contribution is 6.18. The van der Waals surface area contributed by atoms with Crippen molar-refractivity contribution in [1.82, 2.24) is 29.1 Å². The summed E-state index contributed by atoms with van der Waals surface area (Å²) >= 11 is 0. The van der Waals surface area contributed by atoms with Crippen LogP contribution in [0.5, 0.6) is 0 Å². The Morgan fingerprint density at radius 3 is 1.56 bits per heavy atom. The first-order valence-electron chi connectivity index (χ1n) is 16.7. The molecule has 6 heteroatoms. The van der Waals surface area contributed by atoms with Crippen LogP contribution >= 0.6 is 0 Å². The third kappa shape index (κ3) is 4.36. The molecule has 10 rings (SSSR count). The third-order valence-corrected chi connectivity index (χ3v) is 9.48. The molecule has 0 unspecified atom stereocenters. The van der Waals surface area contributed by atoms with E-state index in [1.54, 1.807) is 0 Å². The Morgan fingerprint density at radius 2 is 0.900 bits per heavy atom. The Morgan fingerprint density at radius 1 is 0.380 bits per heavy atom. The highest BCUT2D eigenvalue weighted by atomic mass is 15.2. The molecule has 0 amide bonds. The molecule has 4 heterocycles. The van der Waals surface area contributed by atoms with Gasteiger partial charge >= 0.3 is 0 Å². The van der Waals surface area contributed by atoms with Gasteiger partial charge in [0.05, 0.1) is 22.1 Å². The van der Waals surface area contributed by atoms with Crippen LogP contribution in [0.1, 0.15) is 0 Å². The van der Waals surface area contributed by atoms with Crippen LogP contribution in [0.25, 0.3) is 89.2 Å². The summed E-state index contributed by atoms with van der Waals surface area (Å²) in [4.78, 5) is 19.9. The van der Waals surface area contributed by atoms with Gasteiger partial charge in [-0.1, -0.05) is 133 Å². The zero-order chi connectivity index (χ0) is 33.0. The molecule has 0 aliphatic carbocycles. The molecule has 0 aliphatic rings. The highest BCUT2D eigenvalue weighted by Gasteiger charge is 2.23. The maximum Gasteiger partial charge on any atom is 0.238 e. The Balaban J connectivity index is 1.34. The molecule has 0 spiro atoms. The molecule has 0 fully saturated rings. The van der Waals surface area contributed by atoms with Gasteiger partial charge in [-0.25, -0.2) is 4.98 Å². The van der Waals surface area contributed by atoms with Crippen molar-refractivity contribution < 1.29 is 0 Å². The normalized spacial score (nSPS) is 11.6. The number of hydrogen-bond donors (Lipinski definition) is 0. The van der Waals surface area contributed by atoms with Gasteiger partial charge in [0.1, 0.15) is 0 Å². The van der Waals surface area contributed by atoms with E-state index in [0.717, 1.165) is 71.6 Å². The van der Waals surface area contributed by atoms with E-state index in [1.165, 1.54) is 0 Å². The molecule has 10 aromatic rings. The minimum Gasteiger partial charge on any atom is -0.309 e. The summed E-state index contributed by atoms with van der Waals surface area (Å²) in [6.45, 7) is 0. The van der Waals surface area contributed by atoms with Crippen molar-refractivity contribution in [2.24, 2.45) is 0 Å². The van der Waals surface area contributed by atoms with E-state index >= 15 is 0 Å². The van der Waals surface area contributed by atoms with Crippen molar-refractivity contribution in [1.29, 1.82) is 0 Å². The van der Waals surface area contributed by atoms with Crippen LogP contribution in [0.3, 0.4) is 0 Å². The number of pyridine rings is 1. The Bertz CT molecular complexity index is 2800. The molecule has 4 aromatic heterocycles. The first kappa shape index (κ1) is 28.1. The van der Waals surface area contributed by atoms with Crippen LogP contribution < -0.4 is 0 Å². The second-order valence-corrected chi connectivity index (χ2v) is 12.3. The predicted molar refractivity (Wildman–Crippen MR) is 203 cm³/mol. The van der Waals surface area contributed by atoms with Gasteiger partial charge in [0.2, 0.25) is 5.95 Å². The summed E-state index contributed by atoms with van der Waals surface area (Å²) in [6, 6.07) is 54.6. The molecule has 0 atom stereocenters. The van der Waals surface area contributed by atoms with Gasteiger partial charge in [-0.15, -0.1) is 0 Å². The first-order chi connectivity index (χ1) is 24.8. The second kappa shape index (κ2) is 11.4. The van der Waals surface area contributed by atoms with Crippen LogP contribution in [-0.2, 0) is 0 Å². The molecule has 0 bridgehead atoms. The summed E-state index contributed by atoms with van der Waals surface area (Å²) < 4.78 is 4.58. The average Bonchev–Trinajstić information content (AvgIpc) is 3.72. The number of hydrogen-bond acceptors (Lipinski definition) is 4. The van der Waals surface area contributed by atoms with E-state index in [-0.39, 0.29) is 0 Å². The van der Waals surface area contributed by atoms with Crippen LogP contribution in [0.15, 0.2) is 170 Å². The quantitative estimate of drug-likeness (QED) is 0.188.